The van der Waals surface area contributed by atoms with Crippen molar-refractivity contribution in [1.82, 2.24) is 19.6 Å². The molecule has 2 aliphatic rings. The average molecular weight is 397 g/mol. The fourth-order valence-corrected chi connectivity index (χ4v) is 4.46. The highest BCUT2D eigenvalue weighted by molar-refractivity contribution is 6.33. The largest absolute Gasteiger partial charge is 0.356 e. The first-order valence-corrected chi connectivity index (χ1v) is 10.1. The molecule has 0 unspecified atom stereocenters. The number of para-hydroxylation sites is 1. The van der Waals surface area contributed by atoms with Crippen LogP contribution in [0.1, 0.15) is 30.5 Å². The minimum Gasteiger partial charge on any atom is -0.356 e. The van der Waals surface area contributed by atoms with Gasteiger partial charge in [0.05, 0.1) is 16.4 Å². The molecule has 8 heteroatoms. The second kappa shape index (κ2) is 7.05. The third-order valence-electron chi connectivity index (χ3n) is 5.72. The number of carbonyl (C=O) groups excluding carboxylic acids is 1. The normalized spacial score (nSPS) is 17.1. The molecule has 1 aliphatic carbocycles. The van der Waals surface area contributed by atoms with Crippen LogP contribution in [0.2, 0.25) is 5.02 Å². The zero-order chi connectivity index (χ0) is 19.1. The predicted octanol–water partition coefficient (Wildman–Crippen LogP) is 3.12. The molecule has 0 bridgehead atoms. The molecule has 144 valence electrons. The van der Waals surface area contributed by atoms with Gasteiger partial charge in [-0.05, 0) is 44.2 Å². The Morgan fingerprint density at radius 1 is 1.18 bits per heavy atom. The molecule has 28 heavy (non-hydrogen) atoms. The fourth-order valence-electron chi connectivity index (χ4n) is 4.28. The van der Waals surface area contributed by atoms with Gasteiger partial charge in [0.1, 0.15) is 12.1 Å². The van der Waals surface area contributed by atoms with Crippen molar-refractivity contribution in [2.24, 2.45) is 5.92 Å². The van der Waals surface area contributed by atoms with E-state index in [0.717, 1.165) is 56.7 Å². The minimum atomic E-state index is -0.0198. The number of piperidine rings is 1. The van der Waals surface area contributed by atoms with Crippen LogP contribution >= 0.6 is 11.6 Å². The number of hydrogen-bond acceptors (Lipinski definition) is 5. The number of halogens is 1. The van der Waals surface area contributed by atoms with Gasteiger partial charge in [0, 0.05) is 24.6 Å². The summed E-state index contributed by atoms with van der Waals surface area (Å²) in [5.41, 5.74) is 3.11. The van der Waals surface area contributed by atoms with Gasteiger partial charge in [-0.2, -0.15) is 14.6 Å². The predicted molar refractivity (Wildman–Crippen MR) is 108 cm³/mol. The van der Waals surface area contributed by atoms with Gasteiger partial charge in [0.2, 0.25) is 5.91 Å². The third kappa shape index (κ3) is 2.99. The van der Waals surface area contributed by atoms with E-state index in [1.54, 1.807) is 12.4 Å². The summed E-state index contributed by atoms with van der Waals surface area (Å²) in [5, 5.41) is 7.94. The Labute approximate surface area is 167 Å². The monoisotopic (exact) mass is 396 g/mol. The third-order valence-corrected chi connectivity index (χ3v) is 6.05. The highest BCUT2D eigenvalue weighted by atomic mass is 35.5. The summed E-state index contributed by atoms with van der Waals surface area (Å²) in [7, 11) is 0. The lowest BCUT2D eigenvalue weighted by Gasteiger charge is -2.34. The molecule has 1 amide bonds. The number of nitrogens with one attached hydrogen (secondary N) is 1. The Bertz CT molecular complexity index is 1040. The molecule has 2 aromatic heterocycles. The second-order valence-corrected chi connectivity index (χ2v) is 7.82. The number of rotatable bonds is 3. The summed E-state index contributed by atoms with van der Waals surface area (Å²) in [5.74, 6) is 1.79. The molecule has 1 N–H and O–H groups in total. The molecule has 0 atom stereocenters. The molecule has 1 aromatic carbocycles. The van der Waals surface area contributed by atoms with Crippen LogP contribution in [0.3, 0.4) is 0 Å². The summed E-state index contributed by atoms with van der Waals surface area (Å²) in [6, 6.07) is 7.34. The number of benzene rings is 1. The molecule has 1 saturated heterocycles. The molecule has 0 saturated carbocycles. The first kappa shape index (κ1) is 17.4. The number of aromatic nitrogens is 4. The molecule has 0 spiro atoms. The summed E-state index contributed by atoms with van der Waals surface area (Å²) in [6.07, 6.45) is 6.31. The number of aryl methyl sites for hydroxylation is 1. The molecular weight excluding hydrogens is 376 g/mol. The smallest absolute Gasteiger partial charge is 0.254 e. The van der Waals surface area contributed by atoms with Crippen molar-refractivity contribution < 1.29 is 4.79 Å². The van der Waals surface area contributed by atoms with Gasteiger partial charge in [-0.3, -0.25) is 4.79 Å². The van der Waals surface area contributed by atoms with Gasteiger partial charge in [-0.25, -0.2) is 4.98 Å². The number of hydrogen-bond donors (Lipinski definition) is 1. The lowest BCUT2D eigenvalue weighted by Crippen LogP contribution is -2.39. The molecule has 0 radical (unpaired) electrons. The summed E-state index contributed by atoms with van der Waals surface area (Å²) >= 11 is 6.16. The average Bonchev–Trinajstić information content (AvgIpc) is 3.37. The molecule has 3 heterocycles. The van der Waals surface area contributed by atoms with E-state index in [1.807, 2.05) is 22.7 Å². The van der Waals surface area contributed by atoms with Gasteiger partial charge in [0.25, 0.3) is 5.78 Å². The lowest BCUT2D eigenvalue weighted by atomic mass is 9.95. The standard InChI is InChI=1S/C20H21ClN6O/c21-15-5-1-2-6-17(15)24-18(28)13-8-10-26(11-9-13)19-14-4-3-7-16(14)25-20-22-12-23-27(19)20/h1-2,5-6,12-13H,3-4,7-11H2,(H,24,28). The SMILES string of the molecule is O=C(Nc1ccccc1Cl)C1CCN(c2c3c(nc4ncnn24)CCC3)CC1. The van der Waals surface area contributed by atoms with E-state index in [0.29, 0.717) is 16.5 Å². The van der Waals surface area contributed by atoms with Gasteiger partial charge < -0.3 is 10.2 Å². The Balaban J connectivity index is 1.33. The number of carbonyl (C=O) groups is 1. The van der Waals surface area contributed by atoms with Crippen molar-refractivity contribution in [3.8, 4) is 0 Å². The van der Waals surface area contributed by atoms with Crippen LogP contribution in [0.25, 0.3) is 5.78 Å². The van der Waals surface area contributed by atoms with Crippen molar-refractivity contribution in [2.75, 3.05) is 23.3 Å². The zero-order valence-electron chi connectivity index (χ0n) is 15.4. The van der Waals surface area contributed by atoms with Crippen molar-refractivity contribution in [1.29, 1.82) is 0 Å². The van der Waals surface area contributed by atoms with Crippen LogP contribution in [0.5, 0.6) is 0 Å². The van der Waals surface area contributed by atoms with E-state index in [9.17, 15) is 4.79 Å². The van der Waals surface area contributed by atoms with Gasteiger partial charge in [-0.1, -0.05) is 23.7 Å². The summed E-state index contributed by atoms with van der Waals surface area (Å²) in [4.78, 5) is 24.0. The molecule has 7 nitrogen and oxygen atoms in total. The maximum Gasteiger partial charge on any atom is 0.254 e. The Kier molecular flexibility index (Phi) is 4.39. The molecule has 3 aromatic rings. The van der Waals surface area contributed by atoms with Gasteiger partial charge in [-0.15, -0.1) is 0 Å². The lowest BCUT2D eigenvalue weighted by molar-refractivity contribution is -0.120. The van der Waals surface area contributed by atoms with E-state index >= 15 is 0 Å². The van der Waals surface area contributed by atoms with Crippen molar-refractivity contribution in [3.63, 3.8) is 0 Å². The van der Waals surface area contributed by atoms with Crippen molar-refractivity contribution in [2.45, 2.75) is 32.1 Å². The molecule has 1 aliphatic heterocycles. The van der Waals surface area contributed by atoms with Crippen molar-refractivity contribution in [3.05, 3.63) is 46.9 Å². The second-order valence-electron chi connectivity index (χ2n) is 7.42. The van der Waals surface area contributed by atoms with E-state index in [2.05, 4.69) is 25.3 Å². The Morgan fingerprint density at radius 3 is 2.82 bits per heavy atom. The Hall–Kier alpha value is -2.67. The van der Waals surface area contributed by atoms with Gasteiger partial charge >= 0.3 is 0 Å². The van der Waals surface area contributed by atoms with Crippen LogP contribution in [-0.4, -0.2) is 38.6 Å². The molecule has 1 fully saturated rings. The van der Waals surface area contributed by atoms with E-state index < -0.39 is 0 Å². The topological polar surface area (TPSA) is 75.4 Å². The molecule has 5 rings (SSSR count). The van der Waals surface area contributed by atoms with Crippen LogP contribution in [0, 0.1) is 5.92 Å². The van der Waals surface area contributed by atoms with E-state index in [1.165, 1.54) is 5.56 Å². The highest BCUT2D eigenvalue weighted by Crippen LogP contribution is 2.33. The minimum absolute atomic E-state index is 0.0198. The van der Waals surface area contributed by atoms with E-state index in [-0.39, 0.29) is 11.8 Å². The van der Waals surface area contributed by atoms with Crippen LogP contribution in [-0.2, 0) is 17.6 Å². The highest BCUT2D eigenvalue weighted by Gasteiger charge is 2.30. The Morgan fingerprint density at radius 2 is 2.00 bits per heavy atom. The first-order valence-electron chi connectivity index (χ1n) is 9.72. The molecular formula is C20H21ClN6O. The maximum absolute atomic E-state index is 12.7. The fraction of sp³-hybridized carbons (Fsp3) is 0.400. The maximum atomic E-state index is 12.7. The van der Waals surface area contributed by atoms with E-state index in [4.69, 9.17) is 11.6 Å². The van der Waals surface area contributed by atoms with Crippen LogP contribution in [0.4, 0.5) is 11.5 Å². The number of fused-ring (bicyclic) bond motifs is 2. The number of amides is 1. The quantitative estimate of drug-likeness (QED) is 0.736. The van der Waals surface area contributed by atoms with Crippen LogP contribution in [0.15, 0.2) is 30.6 Å². The summed E-state index contributed by atoms with van der Waals surface area (Å²) in [6.45, 7) is 1.62. The first-order chi connectivity index (χ1) is 13.7. The van der Waals surface area contributed by atoms with Crippen molar-refractivity contribution >= 4 is 34.8 Å². The zero-order valence-corrected chi connectivity index (χ0v) is 16.2. The van der Waals surface area contributed by atoms with Gasteiger partial charge in [0.15, 0.2) is 0 Å². The van der Waals surface area contributed by atoms with Crippen LogP contribution < -0.4 is 10.2 Å². The summed E-state index contributed by atoms with van der Waals surface area (Å²) < 4.78 is 1.86. The number of nitrogens with zero attached hydrogens (tertiary/aromatic N) is 5. The number of anilines is 2.